The molecular formula is C25H28FN3O2. The Bertz CT molecular complexity index is 980. The average Bonchev–Trinajstić information content (AvgIpc) is 3.31. The average molecular weight is 422 g/mol. The number of hydrogen-bond acceptors (Lipinski definition) is 3. The molecule has 1 fully saturated rings. The van der Waals surface area contributed by atoms with Gasteiger partial charge in [-0.25, -0.2) is 4.39 Å². The van der Waals surface area contributed by atoms with E-state index >= 15 is 0 Å². The van der Waals surface area contributed by atoms with Crippen molar-refractivity contribution in [3.8, 4) is 11.1 Å². The minimum atomic E-state index is -0.467. The van der Waals surface area contributed by atoms with Crippen LogP contribution in [-0.4, -0.2) is 35.4 Å². The summed E-state index contributed by atoms with van der Waals surface area (Å²) in [5.41, 5.74) is 2.63. The fraction of sp³-hybridized carbons (Fsp3) is 0.360. The summed E-state index contributed by atoms with van der Waals surface area (Å²) in [6, 6.07) is 16.6. The Morgan fingerprint density at radius 3 is 2.65 bits per heavy atom. The standard InChI is InChI=1S/C25H28FN3O2/c26-23-8-6-21(7-9-23)22-5-1-4-20(18-22)19-25(10-16-31-17-11-25)24(30)27-12-2-14-29-15-3-13-28-29/h1,3-9,13,15,18H,2,10-12,14,16-17,19H2,(H,27,30). The highest BCUT2D eigenvalue weighted by atomic mass is 19.1. The van der Waals surface area contributed by atoms with Gasteiger partial charge in [0.1, 0.15) is 5.82 Å². The third-order valence-corrected chi connectivity index (χ3v) is 5.99. The molecule has 1 saturated heterocycles. The highest BCUT2D eigenvalue weighted by Gasteiger charge is 2.39. The van der Waals surface area contributed by atoms with Crippen molar-refractivity contribution in [3.63, 3.8) is 0 Å². The van der Waals surface area contributed by atoms with Crippen LogP contribution in [0.25, 0.3) is 11.1 Å². The molecular weight excluding hydrogens is 393 g/mol. The van der Waals surface area contributed by atoms with E-state index in [1.165, 1.54) is 12.1 Å². The molecule has 0 bridgehead atoms. The zero-order valence-electron chi connectivity index (χ0n) is 17.6. The van der Waals surface area contributed by atoms with E-state index in [2.05, 4.69) is 22.5 Å². The molecule has 162 valence electrons. The number of nitrogens with zero attached hydrogens (tertiary/aromatic N) is 2. The van der Waals surface area contributed by atoms with E-state index in [-0.39, 0.29) is 11.7 Å². The van der Waals surface area contributed by atoms with Crippen molar-refractivity contribution in [1.82, 2.24) is 15.1 Å². The SMILES string of the molecule is O=C(NCCCn1cccn1)C1(Cc2cccc(-c3ccc(F)cc3)c2)CCOCC1. The predicted octanol–water partition coefficient (Wildman–Crippen LogP) is 4.24. The van der Waals surface area contributed by atoms with Crippen LogP contribution < -0.4 is 5.32 Å². The molecule has 0 saturated carbocycles. The monoisotopic (exact) mass is 421 g/mol. The van der Waals surface area contributed by atoms with Crippen LogP contribution >= 0.6 is 0 Å². The van der Waals surface area contributed by atoms with Gasteiger partial charge in [0.25, 0.3) is 0 Å². The van der Waals surface area contributed by atoms with Gasteiger partial charge in [0.15, 0.2) is 0 Å². The lowest BCUT2D eigenvalue weighted by Crippen LogP contribution is -2.46. The molecule has 0 aliphatic carbocycles. The Balaban J connectivity index is 1.44. The minimum absolute atomic E-state index is 0.100. The Kier molecular flexibility index (Phi) is 6.77. The van der Waals surface area contributed by atoms with Crippen LogP contribution in [0.1, 0.15) is 24.8 Å². The van der Waals surface area contributed by atoms with E-state index in [4.69, 9.17) is 4.74 Å². The minimum Gasteiger partial charge on any atom is -0.381 e. The molecule has 5 nitrogen and oxygen atoms in total. The molecule has 2 heterocycles. The van der Waals surface area contributed by atoms with Crippen molar-refractivity contribution in [2.45, 2.75) is 32.2 Å². The maximum Gasteiger partial charge on any atom is 0.226 e. The lowest BCUT2D eigenvalue weighted by atomic mass is 9.74. The normalized spacial score (nSPS) is 15.5. The van der Waals surface area contributed by atoms with Crippen molar-refractivity contribution in [2.75, 3.05) is 19.8 Å². The van der Waals surface area contributed by atoms with E-state index in [1.54, 1.807) is 18.3 Å². The molecule has 1 amide bonds. The second-order valence-corrected chi connectivity index (χ2v) is 8.16. The number of carbonyl (C=O) groups is 1. The van der Waals surface area contributed by atoms with E-state index in [0.29, 0.717) is 39.0 Å². The molecule has 1 aliphatic heterocycles. The fourth-order valence-electron chi connectivity index (χ4n) is 4.20. The number of aromatic nitrogens is 2. The summed E-state index contributed by atoms with van der Waals surface area (Å²) in [6.07, 6.45) is 6.60. The van der Waals surface area contributed by atoms with E-state index in [1.807, 2.05) is 29.1 Å². The van der Waals surface area contributed by atoms with Crippen LogP contribution in [0, 0.1) is 11.2 Å². The summed E-state index contributed by atoms with van der Waals surface area (Å²) in [6.45, 7) is 2.59. The molecule has 0 spiro atoms. The number of amides is 1. The maximum atomic E-state index is 13.3. The molecule has 0 atom stereocenters. The van der Waals surface area contributed by atoms with Gasteiger partial charge in [-0.1, -0.05) is 36.4 Å². The molecule has 1 aliphatic rings. The van der Waals surface area contributed by atoms with E-state index in [0.717, 1.165) is 29.7 Å². The van der Waals surface area contributed by atoms with Crippen LogP contribution in [0.5, 0.6) is 0 Å². The largest absolute Gasteiger partial charge is 0.381 e. The van der Waals surface area contributed by atoms with Gasteiger partial charge in [-0.15, -0.1) is 0 Å². The Labute approximate surface area is 182 Å². The first kappa shape index (κ1) is 21.2. The molecule has 0 radical (unpaired) electrons. The number of benzene rings is 2. The highest BCUT2D eigenvalue weighted by molar-refractivity contribution is 5.83. The van der Waals surface area contributed by atoms with Gasteiger partial charge in [-0.05, 0) is 60.6 Å². The van der Waals surface area contributed by atoms with Gasteiger partial charge in [-0.2, -0.15) is 5.10 Å². The number of hydrogen-bond donors (Lipinski definition) is 1. The molecule has 4 rings (SSSR count). The van der Waals surface area contributed by atoms with Gasteiger partial charge < -0.3 is 10.1 Å². The summed E-state index contributed by atoms with van der Waals surface area (Å²) < 4.78 is 20.7. The van der Waals surface area contributed by atoms with Crippen molar-refractivity contribution in [1.29, 1.82) is 0 Å². The number of ether oxygens (including phenoxy) is 1. The van der Waals surface area contributed by atoms with Crippen molar-refractivity contribution < 1.29 is 13.9 Å². The number of rotatable bonds is 8. The van der Waals surface area contributed by atoms with Crippen molar-refractivity contribution in [2.24, 2.45) is 5.41 Å². The Morgan fingerprint density at radius 2 is 1.90 bits per heavy atom. The molecule has 1 aromatic heterocycles. The smallest absolute Gasteiger partial charge is 0.226 e. The second-order valence-electron chi connectivity index (χ2n) is 8.16. The molecule has 1 N–H and O–H groups in total. The van der Waals surface area contributed by atoms with Gasteiger partial charge in [-0.3, -0.25) is 9.48 Å². The topological polar surface area (TPSA) is 56.2 Å². The van der Waals surface area contributed by atoms with E-state index < -0.39 is 5.41 Å². The van der Waals surface area contributed by atoms with Gasteiger partial charge in [0.05, 0.1) is 5.41 Å². The van der Waals surface area contributed by atoms with Crippen LogP contribution in [0.4, 0.5) is 4.39 Å². The number of aryl methyl sites for hydroxylation is 1. The molecule has 0 unspecified atom stereocenters. The third-order valence-electron chi connectivity index (χ3n) is 5.99. The van der Waals surface area contributed by atoms with Gasteiger partial charge in [0.2, 0.25) is 5.91 Å². The van der Waals surface area contributed by atoms with Crippen LogP contribution in [0.2, 0.25) is 0 Å². The summed E-state index contributed by atoms with van der Waals surface area (Å²) in [4.78, 5) is 13.2. The lowest BCUT2D eigenvalue weighted by Gasteiger charge is -2.36. The van der Waals surface area contributed by atoms with Crippen molar-refractivity contribution in [3.05, 3.63) is 78.4 Å². The third kappa shape index (κ3) is 5.39. The maximum absolute atomic E-state index is 13.3. The van der Waals surface area contributed by atoms with E-state index in [9.17, 15) is 9.18 Å². The first-order valence-corrected chi connectivity index (χ1v) is 10.8. The fourth-order valence-corrected chi connectivity index (χ4v) is 4.20. The van der Waals surface area contributed by atoms with Gasteiger partial charge >= 0.3 is 0 Å². The number of carbonyl (C=O) groups excluding carboxylic acids is 1. The predicted molar refractivity (Wildman–Crippen MR) is 118 cm³/mol. The first-order valence-electron chi connectivity index (χ1n) is 10.8. The Morgan fingerprint density at radius 1 is 1.10 bits per heavy atom. The molecule has 2 aromatic carbocycles. The van der Waals surface area contributed by atoms with Crippen LogP contribution in [0.15, 0.2) is 67.0 Å². The second kappa shape index (κ2) is 9.88. The number of nitrogens with one attached hydrogen (secondary N) is 1. The Hall–Kier alpha value is -2.99. The molecule has 3 aromatic rings. The molecule has 6 heteroatoms. The summed E-state index contributed by atoms with van der Waals surface area (Å²) in [7, 11) is 0. The summed E-state index contributed by atoms with van der Waals surface area (Å²) in [5, 5.41) is 7.35. The zero-order chi connectivity index (χ0) is 21.5. The van der Waals surface area contributed by atoms with Gasteiger partial charge in [0, 0.05) is 38.7 Å². The lowest BCUT2D eigenvalue weighted by molar-refractivity contribution is -0.136. The first-order chi connectivity index (χ1) is 15.1. The number of halogens is 1. The van der Waals surface area contributed by atoms with Crippen LogP contribution in [-0.2, 0) is 22.5 Å². The molecule has 31 heavy (non-hydrogen) atoms. The van der Waals surface area contributed by atoms with Crippen molar-refractivity contribution >= 4 is 5.91 Å². The zero-order valence-corrected chi connectivity index (χ0v) is 17.6. The quantitative estimate of drug-likeness (QED) is 0.554. The van der Waals surface area contributed by atoms with Crippen LogP contribution in [0.3, 0.4) is 0 Å². The summed E-state index contributed by atoms with van der Waals surface area (Å²) in [5.74, 6) is -0.145. The highest BCUT2D eigenvalue weighted by Crippen LogP contribution is 2.35. The summed E-state index contributed by atoms with van der Waals surface area (Å²) >= 11 is 0.